The number of nitrogens with zero attached hydrogens (tertiary/aromatic N) is 2. The minimum absolute atomic E-state index is 0.121. The summed E-state index contributed by atoms with van der Waals surface area (Å²) in [4.78, 5) is 8.52. The van der Waals surface area contributed by atoms with E-state index in [4.69, 9.17) is 5.73 Å². The summed E-state index contributed by atoms with van der Waals surface area (Å²) < 4.78 is 40.8. The van der Waals surface area contributed by atoms with Crippen molar-refractivity contribution in [2.75, 3.05) is 11.9 Å². The molecule has 2 aromatic heterocycles. The Morgan fingerprint density at radius 1 is 1.10 bits per heavy atom. The fourth-order valence-corrected chi connectivity index (χ4v) is 4.20. The lowest BCUT2D eigenvalue weighted by Crippen LogP contribution is -2.33. The molecule has 0 radical (unpaired) electrons. The Hall–Kier alpha value is -2.71. The maximum absolute atomic E-state index is 14.1. The lowest BCUT2D eigenvalue weighted by molar-refractivity contribution is 0.455. The SMILES string of the molecule is NC1CC(CNc2cc(-c3ccsc3)ncn2)=CCC1c1cc(F)c(F)cc1F. The summed E-state index contributed by atoms with van der Waals surface area (Å²) in [6, 6.07) is 4.99. The van der Waals surface area contributed by atoms with Crippen LogP contribution in [0.2, 0.25) is 0 Å². The molecule has 4 nitrogen and oxygen atoms in total. The van der Waals surface area contributed by atoms with Crippen molar-refractivity contribution in [2.45, 2.75) is 24.8 Å². The molecule has 2 atom stereocenters. The molecule has 0 amide bonds. The summed E-state index contributed by atoms with van der Waals surface area (Å²) in [6.45, 7) is 0.542. The summed E-state index contributed by atoms with van der Waals surface area (Å²) in [7, 11) is 0. The Balaban J connectivity index is 1.43. The topological polar surface area (TPSA) is 63.8 Å². The van der Waals surface area contributed by atoms with Crippen molar-refractivity contribution in [3.8, 4) is 11.3 Å². The molecule has 0 saturated carbocycles. The molecule has 1 aliphatic rings. The van der Waals surface area contributed by atoms with Gasteiger partial charge in [-0.1, -0.05) is 11.6 Å². The molecule has 1 aromatic carbocycles. The summed E-state index contributed by atoms with van der Waals surface area (Å²) in [6.07, 6.45) is 4.48. The van der Waals surface area contributed by atoms with E-state index < -0.39 is 23.4 Å². The maximum atomic E-state index is 14.1. The van der Waals surface area contributed by atoms with Gasteiger partial charge in [0.05, 0.1) is 5.69 Å². The lowest BCUT2D eigenvalue weighted by Gasteiger charge is -2.29. The van der Waals surface area contributed by atoms with Crippen molar-refractivity contribution in [1.29, 1.82) is 0 Å². The molecule has 0 fully saturated rings. The standard InChI is InChI=1S/C21H19F3N4S/c22-16-7-18(24)17(23)6-15(16)14-2-1-12(5-19(14)25)9-26-21-8-20(27-11-28-21)13-3-4-29-10-13/h1,3-4,6-8,10-11,14,19H,2,5,9,25H2,(H,26,27,28). The molecule has 2 heterocycles. The Kier molecular flexibility index (Phi) is 5.64. The molecule has 0 saturated heterocycles. The predicted molar refractivity (Wildman–Crippen MR) is 108 cm³/mol. The second-order valence-corrected chi connectivity index (χ2v) is 7.79. The first-order valence-electron chi connectivity index (χ1n) is 9.17. The van der Waals surface area contributed by atoms with Gasteiger partial charge in [-0.25, -0.2) is 23.1 Å². The first-order valence-corrected chi connectivity index (χ1v) is 10.1. The predicted octanol–water partition coefficient (Wildman–Crippen LogP) is 4.87. The van der Waals surface area contributed by atoms with E-state index in [1.165, 1.54) is 6.33 Å². The van der Waals surface area contributed by atoms with Crippen molar-refractivity contribution < 1.29 is 13.2 Å². The Morgan fingerprint density at radius 3 is 2.69 bits per heavy atom. The van der Waals surface area contributed by atoms with E-state index in [9.17, 15) is 13.2 Å². The van der Waals surface area contributed by atoms with Crippen LogP contribution < -0.4 is 11.1 Å². The summed E-state index contributed by atoms with van der Waals surface area (Å²) >= 11 is 1.60. The van der Waals surface area contributed by atoms with Gasteiger partial charge >= 0.3 is 0 Å². The normalized spacial score (nSPS) is 19.1. The third-order valence-corrected chi connectivity index (χ3v) is 5.78. The fourth-order valence-electron chi connectivity index (χ4n) is 3.55. The van der Waals surface area contributed by atoms with Crippen LogP contribution in [0.1, 0.15) is 24.3 Å². The van der Waals surface area contributed by atoms with Gasteiger partial charge in [0.1, 0.15) is 18.0 Å². The van der Waals surface area contributed by atoms with Gasteiger partial charge in [-0.3, -0.25) is 0 Å². The third kappa shape index (κ3) is 4.33. The van der Waals surface area contributed by atoms with Gasteiger partial charge in [-0.05, 0) is 35.9 Å². The zero-order valence-corrected chi connectivity index (χ0v) is 16.2. The highest BCUT2D eigenvalue weighted by molar-refractivity contribution is 7.08. The number of hydrogen-bond donors (Lipinski definition) is 2. The third-order valence-electron chi connectivity index (χ3n) is 5.09. The van der Waals surface area contributed by atoms with E-state index in [1.807, 2.05) is 29.0 Å². The number of benzene rings is 1. The van der Waals surface area contributed by atoms with Crippen LogP contribution in [0, 0.1) is 17.5 Å². The van der Waals surface area contributed by atoms with Gasteiger partial charge in [0, 0.05) is 41.6 Å². The summed E-state index contributed by atoms with van der Waals surface area (Å²) in [5, 5.41) is 7.28. The lowest BCUT2D eigenvalue weighted by atomic mass is 9.80. The molecule has 29 heavy (non-hydrogen) atoms. The van der Waals surface area contributed by atoms with E-state index in [1.54, 1.807) is 11.3 Å². The molecule has 3 aromatic rings. The molecule has 2 unspecified atom stereocenters. The molecule has 4 rings (SSSR count). The number of halogens is 3. The minimum Gasteiger partial charge on any atom is -0.366 e. The van der Waals surface area contributed by atoms with Gasteiger partial charge in [-0.15, -0.1) is 0 Å². The number of rotatable bonds is 5. The van der Waals surface area contributed by atoms with Gasteiger partial charge in [-0.2, -0.15) is 11.3 Å². The number of thiophene rings is 1. The molecule has 3 N–H and O–H groups in total. The van der Waals surface area contributed by atoms with Crippen molar-refractivity contribution in [1.82, 2.24) is 9.97 Å². The Morgan fingerprint density at radius 2 is 1.93 bits per heavy atom. The quantitative estimate of drug-likeness (QED) is 0.460. The van der Waals surface area contributed by atoms with Crippen LogP contribution in [-0.4, -0.2) is 22.6 Å². The number of aromatic nitrogens is 2. The highest BCUT2D eigenvalue weighted by Gasteiger charge is 2.27. The van der Waals surface area contributed by atoms with Crippen molar-refractivity contribution in [2.24, 2.45) is 5.73 Å². The van der Waals surface area contributed by atoms with Crippen LogP contribution in [0.15, 0.2) is 53.0 Å². The van der Waals surface area contributed by atoms with Crippen LogP contribution in [0.3, 0.4) is 0 Å². The van der Waals surface area contributed by atoms with E-state index in [0.717, 1.165) is 22.9 Å². The number of nitrogens with two attached hydrogens (primary N) is 1. The highest BCUT2D eigenvalue weighted by Crippen LogP contribution is 2.34. The van der Waals surface area contributed by atoms with E-state index in [0.29, 0.717) is 31.3 Å². The largest absolute Gasteiger partial charge is 0.366 e. The molecular formula is C21H19F3N4S. The minimum atomic E-state index is -1.19. The van der Waals surface area contributed by atoms with Crippen LogP contribution in [0.5, 0.6) is 0 Å². The first kappa shape index (κ1) is 19.6. The molecule has 0 spiro atoms. The van der Waals surface area contributed by atoms with Crippen molar-refractivity contribution in [3.05, 3.63) is 76.0 Å². The fraction of sp³-hybridized carbons (Fsp3) is 0.238. The molecule has 8 heteroatoms. The van der Waals surface area contributed by atoms with Crippen molar-refractivity contribution >= 4 is 17.2 Å². The second-order valence-electron chi connectivity index (χ2n) is 7.01. The first-order chi connectivity index (χ1) is 14.0. The highest BCUT2D eigenvalue weighted by atomic mass is 32.1. The Bertz CT molecular complexity index is 1040. The van der Waals surface area contributed by atoms with Crippen LogP contribution in [0.25, 0.3) is 11.3 Å². The molecule has 0 aliphatic heterocycles. The zero-order valence-electron chi connectivity index (χ0n) is 15.4. The van der Waals surface area contributed by atoms with Gasteiger partial charge < -0.3 is 11.1 Å². The van der Waals surface area contributed by atoms with Gasteiger partial charge in [0.15, 0.2) is 11.6 Å². The zero-order chi connectivity index (χ0) is 20.4. The maximum Gasteiger partial charge on any atom is 0.161 e. The van der Waals surface area contributed by atoms with Gasteiger partial charge in [0.25, 0.3) is 0 Å². The van der Waals surface area contributed by atoms with E-state index in [-0.39, 0.29) is 11.6 Å². The van der Waals surface area contributed by atoms with Crippen LogP contribution in [0.4, 0.5) is 19.0 Å². The average molecular weight is 416 g/mol. The Labute approximate surface area is 170 Å². The van der Waals surface area contributed by atoms with E-state index >= 15 is 0 Å². The van der Waals surface area contributed by atoms with Crippen molar-refractivity contribution in [3.63, 3.8) is 0 Å². The average Bonchev–Trinajstić information content (AvgIpc) is 3.25. The molecule has 1 aliphatic carbocycles. The number of nitrogens with one attached hydrogen (secondary N) is 1. The smallest absolute Gasteiger partial charge is 0.161 e. The monoisotopic (exact) mass is 416 g/mol. The number of allylic oxidation sites excluding steroid dienone is 1. The number of hydrogen-bond acceptors (Lipinski definition) is 5. The molecule has 0 bridgehead atoms. The van der Waals surface area contributed by atoms with E-state index in [2.05, 4.69) is 15.3 Å². The number of anilines is 1. The van der Waals surface area contributed by atoms with Crippen LogP contribution >= 0.6 is 11.3 Å². The van der Waals surface area contributed by atoms with Gasteiger partial charge in [0.2, 0.25) is 0 Å². The molecular weight excluding hydrogens is 397 g/mol. The van der Waals surface area contributed by atoms with Crippen LogP contribution in [-0.2, 0) is 0 Å². The molecule has 150 valence electrons. The summed E-state index contributed by atoms with van der Waals surface area (Å²) in [5.41, 5.74) is 9.30. The summed E-state index contributed by atoms with van der Waals surface area (Å²) in [5.74, 6) is -2.71. The second kappa shape index (κ2) is 8.34.